The van der Waals surface area contributed by atoms with Crippen LogP contribution in [0.4, 0.5) is 0 Å². The number of hydrogen-bond donors (Lipinski definition) is 2. The molecule has 0 aliphatic carbocycles. The number of carboxylic acids is 1. The molecule has 1 atom stereocenters. The van der Waals surface area contributed by atoms with E-state index in [0.29, 0.717) is 6.42 Å². The summed E-state index contributed by atoms with van der Waals surface area (Å²) in [5, 5.41) is 8.87. The largest absolute Gasteiger partial charge is 0.481 e. The molecular formula is C14H16N2O3. The molecule has 2 aromatic rings. The third-order valence-electron chi connectivity index (χ3n) is 3.12. The number of rotatable bonds is 4. The lowest BCUT2D eigenvalue weighted by Crippen LogP contribution is -2.16. The van der Waals surface area contributed by atoms with Crippen LogP contribution in [0.5, 0.6) is 0 Å². The molecule has 100 valence electrons. The van der Waals surface area contributed by atoms with Gasteiger partial charge >= 0.3 is 11.7 Å². The normalized spacial score (nSPS) is 12.3. The van der Waals surface area contributed by atoms with Gasteiger partial charge in [0.2, 0.25) is 0 Å². The van der Waals surface area contributed by atoms with E-state index in [9.17, 15) is 9.59 Å². The highest BCUT2D eigenvalue weighted by Crippen LogP contribution is 2.13. The number of aliphatic carboxylic acids is 1. The zero-order valence-corrected chi connectivity index (χ0v) is 10.9. The minimum atomic E-state index is -0.804. The zero-order chi connectivity index (χ0) is 14.0. The molecule has 5 heteroatoms. The lowest BCUT2D eigenvalue weighted by atomic mass is 10.0. The van der Waals surface area contributed by atoms with Crippen LogP contribution < -0.4 is 5.69 Å². The Hall–Kier alpha value is -2.30. The van der Waals surface area contributed by atoms with Crippen LogP contribution in [-0.4, -0.2) is 20.6 Å². The quantitative estimate of drug-likeness (QED) is 0.879. The van der Waals surface area contributed by atoms with E-state index >= 15 is 0 Å². The molecule has 5 nitrogen and oxygen atoms in total. The molecule has 0 radical (unpaired) electrons. The molecule has 1 unspecified atom stereocenters. The first kappa shape index (κ1) is 13.1. The number of hydrogen-bond acceptors (Lipinski definition) is 2. The number of aromatic nitrogens is 2. The van der Waals surface area contributed by atoms with Crippen molar-refractivity contribution in [1.82, 2.24) is 9.55 Å². The smallest absolute Gasteiger partial charge is 0.330 e. The predicted molar refractivity (Wildman–Crippen MR) is 71.6 cm³/mol. The average molecular weight is 260 g/mol. The van der Waals surface area contributed by atoms with Crippen molar-refractivity contribution in [3.63, 3.8) is 0 Å². The van der Waals surface area contributed by atoms with Gasteiger partial charge in [-0.2, -0.15) is 0 Å². The molecule has 2 N–H and O–H groups in total. The lowest BCUT2D eigenvalue weighted by molar-refractivity contribution is -0.141. The van der Waals surface area contributed by atoms with E-state index in [4.69, 9.17) is 5.11 Å². The van der Waals surface area contributed by atoms with Gasteiger partial charge < -0.3 is 10.1 Å². The maximum Gasteiger partial charge on any atom is 0.330 e. The summed E-state index contributed by atoms with van der Waals surface area (Å²) in [6.07, 6.45) is 2.14. The van der Waals surface area contributed by atoms with Gasteiger partial charge in [0, 0.05) is 11.9 Å². The Labute approximate surface area is 110 Å². The van der Waals surface area contributed by atoms with E-state index < -0.39 is 11.9 Å². The first-order chi connectivity index (χ1) is 8.99. The number of imidazole rings is 1. The second-order valence-corrected chi connectivity index (χ2v) is 4.68. The van der Waals surface area contributed by atoms with Crippen molar-refractivity contribution in [3.05, 3.63) is 52.2 Å². The van der Waals surface area contributed by atoms with Gasteiger partial charge in [0.25, 0.3) is 0 Å². The number of benzene rings is 1. The molecule has 1 aromatic heterocycles. The third kappa shape index (κ3) is 2.76. The summed E-state index contributed by atoms with van der Waals surface area (Å²) in [6.45, 7) is 3.52. The number of carbonyl (C=O) groups is 1. The first-order valence-electron chi connectivity index (χ1n) is 6.08. The van der Waals surface area contributed by atoms with Crippen molar-refractivity contribution in [2.45, 2.75) is 20.3 Å². The van der Waals surface area contributed by atoms with E-state index in [-0.39, 0.29) is 5.69 Å². The molecule has 1 aromatic carbocycles. The fourth-order valence-electron chi connectivity index (χ4n) is 2.00. The molecule has 0 aliphatic heterocycles. The Kier molecular flexibility index (Phi) is 3.55. The molecule has 0 aliphatic rings. The average Bonchev–Trinajstić information content (AvgIpc) is 2.70. The minimum absolute atomic E-state index is 0.177. The number of aromatic amines is 1. The predicted octanol–water partition coefficient (Wildman–Crippen LogP) is 1.74. The van der Waals surface area contributed by atoms with Crippen molar-refractivity contribution in [3.8, 4) is 5.69 Å². The van der Waals surface area contributed by atoms with E-state index in [1.54, 1.807) is 17.7 Å². The lowest BCUT2D eigenvalue weighted by Gasteiger charge is -2.08. The highest BCUT2D eigenvalue weighted by Gasteiger charge is 2.11. The second-order valence-electron chi connectivity index (χ2n) is 4.68. The molecule has 19 heavy (non-hydrogen) atoms. The molecule has 0 amide bonds. The van der Waals surface area contributed by atoms with Crippen LogP contribution in [0.2, 0.25) is 0 Å². The molecule has 0 fully saturated rings. The zero-order valence-electron chi connectivity index (χ0n) is 10.9. The van der Waals surface area contributed by atoms with Gasteiger partial charge in [-0.25, -0.2) is 4.79 Å². The highest BCUT2D eigenvalue weighted by atomic mass is 16.4. The summed E-state index contributed by atoms with van der Waals surface area (Å²) in [4.78, 5) is 25.0. The number of nitrogens with one attached hydrogen (secondary N) is 1. The standard InChI is InChI=1S/C14H16N2O3/c1-9(13(17)18)7-11-3-5-12(6-4-11)16-10(2)8-15-14(16)19/h3-6,8-9H,7H2,1-2H3,(H,15,19)(H,17,18). The van der Waals surface area contributed by atoms with Crippen LogP contribution in [0.15, 0.2) is 35.3 Å². The van der Waals surface area contributed by atoms with E-state index in [0.717, 1.165) is 16.9 Å². The van der Waals surface area contributed by atoms with Crippen molar-refractivity contribution in [2.24, 2.45) is 5.92 Å². The van der Waals surface area contributed by atoms with Crippen molar-refractivity contribution in [1.29, 1.82) is 0 Å². The van der Waals surface area contributed by atoms with Crippen LogP contribution in [0.3, 0.4) is 0 Å². The number of carboxylic acid groups (broad SMARTS) is 1. The third-order valence-corrected chi connectivity index (χ3v) is 3.12. The monoisotopic (exact) mass is 260 g/mol. The summed E-state index contributed by atoms with van der Waals surface area (Å²) in [6, 6.07) is 7.36. The van der Waals surface area contributed by atoms with Gasteiger partial charge in [-0.3, -0.25) is 9.36 Å². The van der Waals surface area contributed by atoms with Crippen molar-refractivity contribution >= 4 is 5.97 Å². The van der Waals surface area contributed by atoms with Gasteiger partial charge in [-0.15, -0.1) is 0 Å². The molecule has 0 spiro atoms. The van der Waals surface area contributed by atoms with Crippen molar-refractivity contribution < 1.29 is 9.90 Å². The topological polar surface area (TPSA) is 75.1 Å². The first-order valence-corrected chi connectivity index (χ1v) is 6.08. The van der Waals surface area contributed by atoms with Crippen LogP contribution in [0.1, 0.15) is 18.2 Å². The minimum Gasteiger partial charge on any atom is -0.481 e. The van der Waals surface area contributed by atoms with Crippen LogP contribution in [0, 0.1) is 12.8 Å². The number of nitrogens with zero attached hydrogens (tertiary/aromatic N) is 1. The van der Waals surface area contributed by atoms with Crippen LogP contribution in [-0.2, 0) is 11.2 Å². The Bertz CT molecular complexity index is 637. The molecule has 0 saturated carbocycles. The van der Waals surface area contributed by atoms with Gasteiger partial charge in [-0.05, 0) is 31.0 Å². The van der Waals surface area contributed by atoms with Crippen LogP contribution >= 0.6 is 0 Å². The van der Waals surface area contributed by atoms with E-state index in [1.165, 1.54) is 0 Å². The molecule has 1 heterocycles. The maximum absolute atomic E-state index is 11.6. The Morgan fingerprint density at radius 2 is 2.00 bits per heavy atom. The summed E-state index contributed by atoms with van der Waals surface area (Å²) in [5.74, 6) is -1.22. The fraction of sp³-hybridized carbons (Fsp3) is 0.286. The van der Waals surface area contributed by atoms with Crippen LogP contribution in [0.25, 0.3) is 5.69 Å². The van der Waals surface area contributed by atoms with Crippen molar-refractivity contribution in [2.75, 3.05) is 0 Å². The second kappa shape index (κ2) is 5.14. The maximum atomic E-state index is 11.6. The molecular weight excluding hydrogens is 244 g/mol. The van der Waals surface area contributed by atoms with Gasteiger partial charge in [0.05, 0.1) is 11.6 Å². The van der Waals surface area contributed by atoms with E-state index in [2.05, 4.69) is 4.98 Å². The highest BCUT2D eigenvalue weighted by molar-refractivity contribution is 5.69. The van der Waals surface area contributed by atoms with Gasteiger partial charge in [0.1, 0.15) is 0 Å². The van der Waals surface area contributed by atoms with E-state index in [1.807, 2.05) is 31.2 Å². The summed E-state index contributed by atoms with van der Waals surface area (Å²) in [7, 11) is 0. The summed E-state index contributed by atoms with van der Waals surface area (Å²) < 4.78 is 1.57. The molecule has 2 rings (SSSR count). The van der Waals surface area contributed by atoms with Gasteiger partial charge in [0.15, 0.2) is 0 Å². The Morgan fingerprint density at radius 1 is 1.37 bits per heavy atom. The number of aryl methyl sites for hydroxylation is 1. The molecule has 0 bridgehead atoms. The Balaban J connectivity index is 2.24. The Morgan fingerprint density at radius 3 is 2.47 bits per heavy atom. The summed E-state index contributed by atoms with van der Waals surface area (Å²) in [5.41, 5.74) is 2.37. The van der Waals surface area contributed by atoms with Gasteiger partial charge in [-0.1, -0.05) is 19.1 Å². The SMILES string of the molecule is Cc1c[nH]c(=O)n1-c1ccc(CC(C)C(=O)O)cc1. The fourth-order valence-corrected chi connectivity index (χ4v) is 2.00. The summed E-state index contributed by atoms with van der Waals surface area (Å²) >= 11 is 0. The molecule has 0 saturated heterocycles. The number of H-pyrrole nitrogens is 1.